The largest absolute Gasteiger partial charge is 0.459 e. The van der Waals surface area contributed by atoms with Crippen molar-refractivity contribution in [2.75, 3.05) is 5.73 Å². The van der Waals surface area contributed by atoms with E-state index in [9.17, 15) is 4.79 Å². The summed E-state index contributed by atoms with van der Waals surface area (Å²) in [6.07, 6.45) is 0.704. The number of para-hydroxylation sites is 2. The van der Waals surface area contributed by atoms with Crippen LogP contribution in [-0.2, 0) is 11.3 Å². The summed E-state index contributed by atoms with van der Waals surface area (Å²) in [5.41, 5.74) is 9.28. The van der Waals surface area contributed by atoms with E-state index in [0.717, 1.165) is 17.5 Å². The second-order valence-electron chi connectivity index (χ2n) is 6.93. The zero-order chi connectivity index (χ0) is 18.1. The lowest BCUT2D eigenvalue weighted by Crippen LogP contribution is -2.14. The van der Waals surface area contributed by atoms with Crippen LogP contribution >= 0.6 is 0 Å². The molecule has 1 aromatic carbocycles. The van der Waals surface area contributed by atoms with Gasteiger partial charge in [0.25, 0.3) is 0 Å². The Labute approximate surface area is 147 Å². The Kier molecular flexibility index (Phi) is 4.61. The zero-order valence-electron chi connectivity index (χ0n) is 15.1. The van der Waals surface area contributed by atoms with Crippen LogP contribution in [0.15, 0.2) is 24.3 Å². The van der Waals surface area contributed by atoms with Crippen molar-refractivity contribution in [1.82, 2.24) is 14.5 Å². The number of carbonyl (C=O) groups excluding carboxylic acids is 1. The van der Waals surface area contributed by atoms with Crippen molar-refractivity contribution < 1.29 is 9.53 Å². The molecule has 6 nitrogen and oxygen atoms in total. The third-order valence-corrected chi connectivity index (χ3v) is 4.07. The van der Waals surface area contributed by atoms with Gasteiger partial charge in [-0.1, -0.05) is 26.0 Å². The number of anilines is 1. The zero-order valence-corrected chi connectivity index (χ0v) is 15.1. The number of aromatic nitrogens is 3. The molecule has 0 unspecified atom stereocenters. The number of esters is 1. The summed E-state index contributed by atoms with van der Waals surface area (Å²) < 4.78 is 7.26. The Morgan fingerprint density at radius 2 is 1.80 bits per heavy atom. The maximum Gasteiger partial charge on any atom is 0.344 e. The summed E-state index contributed by atoms with van der Waals surface area (Å²) in [4.78, 5) is 22.0. The molecule has 0 aliphatic heterocycles. The van der Waals surface area contributed by atoms with Gasteiger partial charge >= 0.3 is 5.97 Å². The molecule has 0 saturated heterocycles. The maximum absolute atomic E-state index is 12.6. The van der Waals surface area contributed by atoms with E-state index in [1.807, 2.05) is 42.7 Å². The minimum Gasteiger partial charge on any atom is -0.459 e. The van der Waals surface area contributed by atoms with Crippen LogP contribution < -0.4 is 5.73 Å². The van der Waals surface area contributed by atoms with E-state index >= 15 is 0 Å². The summed E-state index contributed by atoms with van der Waals surface area (Å²) in [6, 6.07) is 7.60. The topological polar surface area (TPSA) is 83.0 Å². The van der Waals surface area contributed by atoms with E-state index in [0.29, 0.717) is 35.0 Å². The third kappa shape index (κ3) is 3.29. The van der Waals surface area contributed by atoms with Gasteiger partial charge in [0.1, 0.15) is 16.9 Å². The number of carbonyl (C=O) groups is 1. The summed E-state index contributed by atoms with van der Waals surface area (Å²) in [7, 11) is 0. The van der Waals surface area contributed by atoms with Crippen LogP contribution in [0, 0.1) is 5.92 Å². The predicted octanol–water partition coefficient (Wildman–Crippen LogP) is 3.78. The quantitative estimate of drug-likeness (QED) is 0.715. The van der Waals surface area contributed by atoms with Crippen molar-refractivity contribution in [2.45, 2.75) is 46.8 Å². The molecule has 25 heavy (non-hydrogen) atoms. The first kappa shape index (κ1) is 17.2. The number of benzene rings is 1. The molecular weight excluding hydrogens is 316 g/mol. The molecule has 2 N–H and O–H groups in total. The number of fused-ring (bicyclic) bond motifs is 2. The predicted molar refractivity (Wildman–Crippen MR) is 99.5 cm³/mol. The average Bonchev–Trinajstić information content (AvgIpc) is 2.80. The van der Waals surface area contributed by atoms with Gasteiger partial charge in [-0.05, 0) is 38.3 Å². The number of rotatable bonds is 5. The van der Waals surface area contributed by atoms with Crippen molar-refractivity contribution in [3.63, 3.8) is 0 Å². The highest BCUT2D eigenvalue weighted by atomic mass is 16.5. The molecule has 0 saturated carbocycles. The molecule has 3 rings (SSSR count). The monoisotopic (exact) mass is 340 g/mol. The van der Waals surface area contributed by atoms with Crippen LogP contribution in [0.5, 0.6) is 0 Å². The fraction of sp³-hybridized carbons (Fsp3) is 0.421. The number of hydrogen-bond acceptors (Lipinski definition) is 5. The van der Waals surface area contributed by atoms with E-state index in [4.69, 9.17) is 15.5 Å². The first-order valence-electron chi connectivity index (χ1n) is 8.64. The summed E-state index contributed by atoms with van der Waals surface area (Å²) in [5.74, 6) is 0.429. The molecule has 0 atom stereocenters. The molecule has 0 aliphatic rings. The lowest BCUT2D eigenvalue weighted by Gasteiger charge is -2.10. The van der Waals surface area contributed by atoms with Gasteiger partial charge in [-0.3, -0.25) is 0 Å². The fourth-order valence-electron chi connectivity index (χ4n) is 2.80. The second-order valence-corrected chi connectivity index (χ2v) is 6.93. The van der Waals surface area contributed by atoms with Crippen LogP contribution in [0.25, 0.3) is 22.2 Å². The molecule has 0 fully saturated rings. The fourth-order valence-corrected chi connectivity index (χ4v) is 2.80. The lowest BCUT2D eigenvalue weighted by atomic mass is 10.1. The Hall–Kier alpha value is -2.63. The Bertz CT molecular complexity index is 928. The number of nitrogens with zero attached hydrogens (tertiary/aromatic N) is 3. The third-order valence-electron chi connectivity index (χ3n) is 4.07. The van der Waals surface area contributed by atoms with Crippen LogP contribution in [-0.4, -0.2) is 26.6 Å². The molecule has 0 aliphatic carbocycles. The van der Waals surface area contributed by atoms with Gasteiger partial charge in [-0.25, -0.2) is 14.8 Å². The first-order valence-corrected chi connectivity index (χ1v) is 8.64. The van der Waals surface area contributed by atoms with Crippen LogP contribution in [0.2, 0.25) is 0 Å². The molecule has 0 bridgehead atoms. The minimum atomic E-state index is -0.453. The van der Waals surface area contributed by atoms with E-state index in [2.05, 4.69) is 18.8 Å². The molecule has 0 radical (unpaired) electrons. The van der Waals surface area contributed by atoms with Crippen molar-refractivity contribution in [1.29, 1.82) is 0 Å². The Morgan fingerprint density at radius 3 is 2.40 bits per heavy atom. The Balaban J connectivity index is 2.24. The smallest absolute Gasteiger partial charge is 0.344 e. The average molecular weight is 340 g/mol. The number of nitrogen functional groups attached to an aromatic ring is 1. The first-order chi connectivity index (χ1) is 11.9. The molecule has 132 valence electrons. The van der Waals surface area contributed by atoms with Gasteiger partial charge < -0.3 is 15.0 Å². The standard InChI is InChI=1S/C19H24N4O2/c1-11(2)9-10-23-17(20)15(19(24)25-12(3)4)16-18(23)22-14-8-6-5-7-13(14)21-16/h5-8,11-12H,9-10,20H2,1-4H3. The van der Waals surface area contributed by atoms with Gasteiger partial charge in [0, 0.05) is 6.54 Å². The number of ether oxygens (including phenoxy) is 1. The molecule has 2 heterocycles. The molecular formula is C19H24N4O2. The molecule has 6 heteroatoms. The van der Waals surface area contributed by atoms with Crippen LogP contribution in [0.3, 0.4) is 0 Å². The Morgan fingerprint density at radius 1 is 1.16 bits per heavy atom. The maximum atomic E-state index is 12.6. The molecule has 0 amide bonds. The van der Waals surface area contributed by atoms with Gasteiger partial charge in [0.2, 0.25) is 0 Å². The lowest BCUT2D eigenvalue weighted by molar-refractivity contribution is 0.0381. The van der Waals surface area contributed by atoms with Crippen molar-refractivity contribution in [3.05, 3.63) is 29.8 Å². The van der Waals surface area contributed by atoms with Crippen molar-refractivity contribution in [2.24, 2.45) is 5.92 Å². The highest BCUT2D eigenvalue weighted by Crippen LogP contribution is 2.29. The molecule has 3 aromatic rings. The minimum absolute atomic E-state index is 0.227. The summed E-state index contributed by atoms with van der Waals surface area (Å²) >= 11 is 0. The van der Waals surface area contributed by atoms with E-state index < -0.39 is 5.97 Å². The number of aryl methyl sites for hydroxylation is 1. The van der Waals surface area contributed by atoms with Crippen LogP contribution in [0.4, 0.5) is 5.82 Å². The van der Waals surface area contributed by atoms with Crippen molar-refractivity contribution >= 4 is 34.0 Å². The normalized spacial score (nSPS) is 11.8. The van der Waals surface area contributed by atoms with E-state index in [1.165, 1.54) is 0 Å². The van der Waals surface area contributed by atoms with E-state index in [1.54, 1.807) is 0 Å². The SMILES string of the molecule is CC(C)CCn1c(N)c(C(=O)OC(C)C)c2nc3ccccc3nc21. The van der Waals surface area contributed by atoms with Gasteiger partial charge in [0.05, 0.1) is 17.1 Å². The van der Waals surface area contributed by atoms with Gasteiger partial charge in [0.15, 0.2) is 5.65 Å². The van der Waals surface area contributed by atoms with Crippen LogP contribution in [0.1, 0.15) is 44.5 Å². The van der Waals surface area contributed by atoms with E-state index in [-0.39, 0.29) is 6.10 Å². The number of nitrogens with two attached hydrogens (primary N) is 1. The summed E-state index contributed by atoms with van der Waals surface area (Å²) in [6.45, 7) is 8.61. The molecule has 2 aromatic heterocycles. The van der Waals surface area contributed by atoms with Crippen molar-refractivity contribution in [3.8, 4) is 0 Å². The highest BCUT2D eigenvalue weighted by Gasteiger charge is 2.25. The van der Waals surface area contributed by atoms with Gasteiger partial charge in [-0.2, -0.15) is 0 Å². The highest BCUT2D eigenvalue weighted by molar-refractivity contribution is 6.08. The second kappa shape index (κ2) is 6.70. The summed E-state index contributed by atoms with van der Waals surface area (Å²) in [5, 5.41) is 0. The van der Waals surface area contributed by atoms with Gasteiger partial charge in [-0.15, -0.1) is 0 Å². The molecule has 0 spiro atoms. The number of hydrogen-bond donors (Lipinski definition) is 1.